The fourth-order valence-electron chi connectivity index (χ4n) is 9.88. The largest absolute Gasteiger partial charge is 0.495 e. The zero-order valence-electron chi connectivity index (χ0n) is 46.5. The van der Waals surface area contributed by atoms with Gasteiger partial charge in [0.25, 0.3) is 17.7 Å². The molecule has 11 rings (SSSR count). The first kappa shape index (κ1) is 58.3. The minimum absolute atomic E-state index is 0.0678. The maximum Gasteiger partial charge on any atom is 0.290 e. The highest BCUT2D eigenvalue weighted by Gasteiger charge is 2.41. The molecule has 0 radical (unpaired) electrons. The van der Waals surface area contributed by atoms with Gasteiger partial charge in [0.2, 0.25) is 11.6 Å². The Labute approximate surface area is 475 Å². The summed E-state index contributed by atoms with van der Waals surface area (Å²) in [6, 6.07) is 17.9. The number of anilines is 1. The van der Waals surface area contributed by atoms with E-state index in [2.05, 4.69) is 55.6 Å². The number of piperazine rings is 2. The number of aliphatic hydroxyl groups is 1. The number of H-pyrrole nitrogens is 2. The monoisotopic (exact) mass is 1140 g/mol. The van der Waals surface area contributed by atoms with Crippen LogP contribution in [-0.2, 0) is 43.6 Å². The summed E-state index contributed by atoms with van der Waals surface area (Å²) >= 11 is 0. The molecule has 3 amide bonds. The second-order valence-electron chi connectivity index (χ2n) is 19.2. The van der Waals surface area contributed by atoms with Crippen molar-refractivity contribution in [2.24, 2.45) is 0 Å². The third kappa shape index (κ3) is 12.9. The summed E-state index contributed by atoms with van der Waals surface area (Å²) in [5, 5.41) is 29.8. The van der Waals surface area contributed by atoms with Crippen LogP contribution in [0.25, 0.3) is 22.5 Å². The Bertz CT molecular complexity index is 3510. The van der Waals surface area contributed by atoms with Gasteiger partial charge in [-0.25, -0.2) is 34.3 Å². The molecule has 83 heavy (non-hydrogen) atoms. The van der Waals surface area contributed by atoms with E-state index in [9.17, 15) is 29.1 Å². The Morgan fingerprint density at radius 3 is 1.87 bits per heavy atom. The van der Waals surface area contributed by atoms with Crippen LogP contribution in [0.15, 0.2) is 98.2 Å². The third-order valence-electron chi connectivity index (χ3n) is 14.0. The van der Waals surface area contributed by atoms with Gasteiger partial charge in [0, 0.05) is 103 Å². The molecule has 3 aliphatic rings. The lowest BCUT2D eigenvalue weighted by molar-refractivity contribution is -0.146. The zero-order valence-corrected chi connectivity index (χ0v) is 46.5. The summed E-state index contributed by atoms with van der Waals surface area (Å²) in [5.74, 6) is 0.884. The number of ether oxygens (including phenoxy) is 5. The molecule has 28 nitrogen and oxygen atoms in total. The normalized spacial score (nSPS) is 16.2. The average Bonchev–Trinajstić information content (AvgIpc) is 4.37. The molecular formula is C55H63N17O11. The molecule has 0 aliphatic carbocycles. The summed E-state index contributed by atoms with van der Waals surface area (Å²) in [6.45, 7) is 5.51. The molecule has 6 aromatic heterocycles. The van der Waals surface area contributed by atoms with E-state index in [1.165, 1.54) is 66.1 Å². The highest BCUT2D eigenvalue weighted by molar-refractivity contribution is 6.38. The van der Waals surface area contributed by atoms with Crippen LogP contribution in [0, 0.1) is 0 Å². The number of benzene rings is 2. The summed E-state index contributed by atoms with van der Waals surface area (Å²) in [5.41, 5.74) is 3.12. The van der Waals surface area contributed by atoms with E-state index < -0.39 is 29.6 Å². The molecule has 2 unspecified atom stereocenters. The van der Waals surface area contributed by atoms with E-state index in [1.807, 2.05) is 43.3 Å². The Morgan fingerprint density at radius 1 is 0.687 bits per heavy atom. The first-order chi connectivity index (χ1) is 40.4. The van der Waals surface area contributed by atoms with Crippen molar-refractivity contribution < 1.29 is 52.8 Å². The molecule has 4 N–H and O–H groups in total. The smallest absolute Gasteiger partial charge is 0.290 e. The highest BCUT2D eigenvalue weighted by atomic mass is 16.5. The lowest BCUT2D eigenvalue weighted by atomic mass is 9.95. The van der Waals surface area contributed by atoms with Gasteiger partial charge in [-0.2, -0.15) is 5.10 Å². The van der Waals surface area contributed by atoms with Gasteiger partial charge in [-0.3, -0.25) is 34.0 Å². The van der Waals surface area contributed by atoms with Crippen molar-refractivity contribution in [1.82, 2.24) is 79.3 Å². The van der Waals surface area contributed by atoms with Gasteiger partial charge >= 0.3 is 0 Å². The third-order valence-corrected chi connectivity index (χ3v) is 14.0. The number of hydrogen-bond acceptors (Lipinski definition) is 21. The predicted octanol–water partition coefficient (Wildman–Crippen LogP) is 2.48. The topological polar surface area (TPSA) is 321 Å². The van der Waals surface area contributed by atoms with Crippen LogP contribution in [0.4, 0.5) is 5.69 Å². The summed E-state index contributed by atoms with van der Waals surface area (Å²) in [7, 11) is 7.71. The molecule has 3 aliphatic heterocycles. The van der Waals surface area contributed by atoms with Gasteiger partial charge in [0.05, 0.1) is 54.7 Å². The fraction of sp³-hybridized carbons (Fsp3) is 0.364. The number of nitrogens with one attached hydrogen (secondary N) is 3. The van der Waals surface area contributed by atoms with E-state index in [0.29, 0.717) is 107 Å². The lowest BCUT2D eigenvalue weighted by Crippen LogP contribution is -2.57. The van der Waals surface area contributed by atoms with E-state index in [4.69, 9.17) is 23.7 Å². The molecule has 28 heteroatoms. The van der Waals surface area contributed by atoms with Crippen molar-refractivity contribution in [3.8, 4) is 23.1 Å². The molecule has 3 atom stereocenters. The molecule has 0 saturated carbocycles. The summed E-state index contributed by atoms with van der Waals surface area (Å²) < 4.78 is 28.9. The van der Waals surface area contributed by atoms with Crippen LogP contribution >= 0.6 is 0 Å². The van der Waals surface area contributed by atoms with Crippen LogP contribution in [0.5, 0.6) is 11.5 Å². The second kappa shape index (κ2) is 26.9. The number of aromatic amines is 2. The van der Waals surface area contributed by atoms with Crippen molar-refractivity contribution in [1.29, 1.82) is 0 Å². The van der Waals surface area contributed by atoms with E-state index in [1.54, 1.807) is 60.3 Å². The van der Waals surface area contributed by atoms with E-state index >= 15 is 0 Å². The van der Waals surface area contributed by atoms with Gasteiger partial charge < -0.3 is 53.8 Å². The number of carbonyl (C=O) groups is 5. The first-order valence-electron chi connectivity index (χ1n) is 26.3. The molecule has 2 aromatic carbocycles. The van der Waals surface area contributed by atoms with Gasteiger partial charge in [0.15, 0.2) is 29.5 Å². The predicted molar refractivity (Wildman–Crippen MR) is 296 cm³/mol. The minimum Gasteiger partial charge on any atom is -0.495 e. The second-order valence-corrected chi connectivity index (χ2v) is 19.2. The van der Waals surface area contributed by atoms with E-state index in [-0.39, 0.29) is 56.3 Å². The van der Waals surface area contributed by atoms with Gasteiger partial charge in [0.1, 0.15) is 56.1 Å². The Morgan fingerprint density at radius 2 is 1.28 bits per heavy atom. The molecule has 8 aromatic rings. The molecule has 2 fully saturated rings. The number of Topliss-reactive ketones (excluding diaryl/α,β-unsaturated/α-hetero) is 2. The maximum absolute atomic E-state index is 13.5. The van der Waals surface area contributed by atoms with Crippen molar-refractivity contribution in [2.45, 2.75) is 44.9 Å². The van der Waals surface area contributed by atoms with Crippen molar-refractivity contribution in [3.63, 3.8) is 0 Å². The molecule has 0 bridgehead atoms. The summed E-state index contributed by atoms with van der Waals surface area (Å²) in [6.07, 6.45) is 7.63. The number of rotatable bonds is 17. The number of aromatic nitrogens is 12. The van der Waals surface area contributed by atoms with Crippen LogP contribution in [0.2, 0.25) is 0 Å². The number of amides is 3. The first-order valence-corrected chi connectivity index (χ1v) is 26.3. The van der Waals surface area contributed by atoms with E-state index in [0.717, 1.165) is 5.82 Å². The van der Waals surface area contributed by atoms with Crippen LogP contribution in [0.1, 0.15) is 67.0 Å². The standard InChI is InChI=1S/C26H29N7O5.C25H27N7O5.C4H7N3O/c1-16-13-31(9-10-32(16)25(35)17-7-5-4-6-8-17)26(36)23(34)18-11-27-22-21(18)19(38-3)12-28-24(22)33-15-29-20(30-33)14-37-2;1-36-14-19-28-15-32(29-19)23-21-20(18(37-2)13-27-23)17(12-26-21)22(33)25(35)31-10-8-30(9-11-31)24(34)16-6-4-3-5-7-16;1-8-2-4-5-3-6-7-4/h4-8,11-12,15-16,26-27,36H,9-10,13-14H2,1-3H3;3-7,13,15,17,26H,8-12,14H2,1-2H3;3H,2H2,1H3,(H,5,6,7)/t16-,26?;;/m1../s1. The zero-order chi connectivity index (χ0) is 58.6. The minimum atomic E-state index is -1.40. The molecule has 434 valence electrons. The van der Waals surface area contributed by atoms with Gasteiger partial charge in [-0.1, -0.05) is 36.4 Å². The van der Waals surface area contributed by atoms with Crippen molar-refractivity contribution in [2.75, 3.05) is 93.2 Å². The molecule has 9 heterocycles. The average molecular weight is 1140 g/mol. The maximum atomic E-state index is 13.5. The number of pyridine rings is 2. The molecular weight excluding hydrogens is 1070 g/mol. The Hall–Kier alpha value is -9.35. The molecule has 0 spiro atoms. The Kier molecular flexibility index (Phi) is 18.9. The SMILES string of the molecule is COCc1ncn(-c2ncc(OC)c3c(C(=O)C(O)N4CCN(C(=O)c5ccccc5)[C@H](C)C4)c[nH]c23)n1.COCc1ncn(-c2ncc(OC)c3c2NCC3C(=O)C(=O)N2CCN(C(=O)c3ccccc3)CC2)n1.COCc1ncn[nH]1. The number of carbonyl (C=O) groups excluding carboxylic acids is 5. The number of aliphatic hydroxyl groups excluding tert-OH is 1. The highest BCUT2D eigenvalue weighted by Crippen LogP contribution is 2.42. The summed E-state index contributed by atoms with van der Waals surface area (Å²) in [4.78, 5) is 96.7. The van der Waals surface area contributed by atoms with Crippen molar-refractivity contribution >= 4 is 45.9 Å². The Balaban J connectivity index is 0.000000176. The quantitative estimate of drug-likeness (QED) is 0.0752. The number of methoxy groups -OCH3 is 5. The van der Waals surface area contributed by atoms with Gasteiger partial charge in [-0.05, 0) is 31.2 Å². The number of fused-ring (bicyclic) bond motifs is 2. The van der Waals surface area contributed by atoms with Crippen LogP contribution < -0.4 is 14.8 Å². The lowest BCUT2D eigenvalue weighted by Gasteiger charge is -2.41. The fourth-order valence-corrected chi connectivity index (χ4v) is 9.88. The van der Waals surface area contributed by atoms with Crippen molar-refractivity contribution in [3.05, 3.63) is 138 Å². The van der Waals surface area contributed by atoms with Crippen LogP contribution in [-0.4, -0.2) is 214 Å². The number of ketones is 2. The van der Waals surface area contributed by atoms with Gasteiger partial charge in [-0.15, -0.1) is 10.2 Å². The van der Waals surface area contributed by atoms with Crippen LogP contribution in [0.3, 0.4) is 0 Å². The number of hydrogen-bond donors (Lipinski definition) is 4. The number of nitrogens with zero attached hydrogens (tertiary/aromatic N) is 14. The molecule has 2 saturated heterocycles.